The summed E-state index contributed by atoms with van der Waals surface area (Å²) >= 11 is 0. The highest BCUT2D eigenvalue weighted by atomic mass is 31.1. The van der Waals surface area contributed by atoms with Gasteiger partial charge in [-0.1, -0.05) is 6.07 Å². The van der Waals surface area contributed by atoms with Crippen LogP contribution in [0.4, 0.5) is 5.82 Å². The molecule has 0 aliphatic carbocycles. The molecule has 0 amide bonds. The average Bonchev–Trinajstić information content (AvgIpc) is 2.03. The lowest BCUT2D eigenvalue weighted by molar-refractivity contribution is 0.272. The van der Waals surface area contributed by atoms with Crippen LogP contribution in [0.5, 0.6) is 0 Å². The lowest BCUT2D eigenvalue weighted by atomic mass is 10.3. The predicted octanol–water partition coefficient (Wildman–Crippen LogP) is 0.562. The van der Waals surface area contributed by atoms with E-state index < -0.39 is 8.25 Å². The van der Waals surface area contributed by atoms with Crippen molar-refractivity contribution in [3.63, 3.8) is 0 Å². The van der Waals surface area contributed by atoms with Gasteiger partial charge in [-0.3, -0.25) is 4.57 Å². The molecule has 5 nitrogen and oxygen atoms in total. The van der Waals surface area contributed by atoms with Gasteiger partial charge in [0.2, 0.25) is 0 Å². The monoisotopic (exact) mass is 188 g/mol. The molecule has 0 saturated heterocycles. The molecule has 1 heterocycles. The minimum atomic E-state index is -2.85. The molecule has 0 saturated carbocycles. The van der Waals surface area contributed by atoms with E-state index in [1.807, 2.05) is 0 Å². The molecule has 1 rings (SSSR count). The number of hydrogen-bond donors (Lipinski definition) is 2. The zero-order valence-electron chi connectivity index (χ0n) is 6.23. The second-order valence-corrected chi connectivity index (χ2v) is 2.97. The van der Waals surface area contributed by atoms with Crippen molar-refractivity contribution in [2.75, 3.05) is 5.73 Å². The second kappa shape index (κ2) is 4.21. The Labute approximate surface area is 70.1 Å². The molecule has 1 atom stereocenters. The second-order valence-electron chi connectivity index (χ2n) is 2.15. The minimum Gasteiger partial charge on any atom is -0.384 e. The molecule has 1 unspecified atom stereocenters. The smallest absolute Gasteiger partial charge is 0.316 e. The molecule has 0 aliphatic heterocycles. The summed E-state index contributed by atoms with van der Waals surface area (Å²) in [5, 5.41) is 0. The van der Waals surface area contributed by atoms with E-state index in [-0.39, 0.29) is 6.61 Å². The molecule has 0 spiro atoms. The normalized spacial score (nSPS) is 12.8. The standard InChI is InChI=1S/C6H9N2O3P/c7-6-2-1-5(3-8-6)4-11-12(9)10/h1-3,12H,4H2,(H2,7,8)(H,9,10). The third-order valence-corrected chi connectivity index (χ3v) is 1.60. The summed E-state index contributed by atoms with van der Waals surface area (Å²) in [4.78, 5) is 12.1. The van der Waals surface area contributed by atoms with Gasteiger partial charge < -0.3 is 15.2 Å². The van der Waals surface area contributed by atoms with Crippen LogP contribution in [0.2, 0.25) is 0 Å². The number of pyridine rings is 1. The highest BCUT2D eigenvalue weighted by molar-refractivity contribution is 7.32. The Morgan fingerprint density at radius 3 is 2.92 bits per heavy atom. The molecule has 0 fully saturated rings. The Kier molecular flexibility index (Phi) is 3.22. The molecule has 1 aromatic rings. The first-order valence-electron chi connectivity index (χ1n) is 3.24. The van der Waals surface area contributed by atoms with Gasteiger partial charge >= 0.3 is 8.25 Å². The molecule has 3 N–H and O–H groups in total. The summed E-state index contributed by atoms with van der Waals surface area (Å²) in [6, 6.07) is 3.29. The number of anilines is 1. The Hall–Kier alpha value is -0.900. The van der Waals surface area contributed by atoms with Crippen LogP contribution in [0.15, 0.2) is 18.3 Å². The third kappa shape index (κ3) is 3.00. The highest BCUT2D eigenvalue weighted by Crippen LogP contribution is 2.17. The van der Waals surface area contributed by atoms with Crippen molar-refractivity contribution >= 4 is 14.1 Å². The summed E-state index contributed by atoms with van der Waals surface area (Å²) in [5.74, 6) is 0.412. The van der Waals surface area contributed by atoms with Gasteiger partial charge in [0.1, 0.15) is 5.82 Å². The molecule has 0 aromatic carbocycles. The van der Waals surface area contributed by atoms with Crippen LogP contribution < -0.4 is 5.73 Å². The van der Waals surface area contributed by atoms with E-state index in [2.05, 4.69) is 9.51 Å². The number of hydrogen-bond acceptors (Lipinski definition) is 4. The fraction of sp³-hybridized carbons (Fsp3) is 0.167. The van der Waals surface area contributed by atoms with Crippen LogP contribution in [0.25, 0.3) is 0 Å². The molecule has 66 valence electrons. The van der Waals surface area contributed by atoms with E-state index in [0.29, 0.717) is 5.82 Å². The van der Waals surface area contributed by atoms with E-state index in [9.17, 15) is 4.57 Å². The topological polar surface area (TPSA) is 85.4 Å². The van der Waals surface area contributed by atoms with Crippen LogP contribution in [-0.4, -0.2) is 9.88 Å². The summed E-state index contributed by atoms with van der Waals surface area (Å²) in [7, 11) is -2.85. The molecular formula is C6H9N2O3P. The Bertz CT molecular complexity index is 275. The maximum Gasteiger partial charge on any atom is 0.316 e. The Balaban J connectivity index is 2.53. The summed E-state index contributed by atoms with van der Waals surface area (Å²) in [6.07, 6.45) is 1.50. The van der Waals surface area contributed by atoms with Crippen molar-refractivity contribution in [1.29, 1.82) is 0 Å². The summed E-state index contributed by atoms with van der Waals surface area (Å²) in [5.41, 5.74) is 6.05. The molecular weight excluding hydrogens is 179 g/mol. The zero-order chi connectivity index (χ0) is 8.97. The van der Waals surface area contributed by atoms with Crippen LogP contribution in [0.1, 0.15) is 5.56 Å². The van der Waals surface area contributed by atoms with Crippen molar-refractivity contribution in [2.24, 2.45) is 0 Å². The number of nitrogen functional groups attached to an aromatic ring is 1. The van der Waals surface area contributed by atoms with Crippen LogP contribution in [0.3, 0.4) is 0 Å². The van der Waals surface area contributed by atoms with Gasteiger partial charge in [-0.25, -0.2) is 4.98 Å². The maximum atomic E-state index is 10.2. The first-order valence-corrected chi connectivity index (χ1v) is 4.51. The first-order chi connectivity index (χ1) is 5.68. The minimum absolute atomic E-state index is 0.0849. The number of nitrogens with zero attached hydrogens (tertiary/aromatic N) is 1. The van der Waals surface area contributed by atoms with Gasteiger partial charge in [-0.05, 0) is 11.6 Å². The number of nitrogens with two attached hydrogens (primary N) is 1. The van der Waals surface area contributed by atoms with E-state index >= 15 is 0 Å². The van der Waals surface area contributed by atoms with Crippen LogP contribution in [-0.2, 0) is 15.7 Å². The van der Waals surface area contributed by atoms with Crippen LogP contribution >= 0.6 is 8.25 Å². The van der Waals surface area contributed by atoms with E-state index in [0.717, 1.165) is 5.56 Å². The van der Waals surface area contributed by atoms with Gasteiger partial charge in [0.15, 0.2) is 0 Å². The van der Waals surface area contributed by atoms with E-state index in [1.165, 1.54) is 6.20 Å². The van der Waals surface area contributed by atoms with Crippen molar-refractivity contribution in [2.45, 2.75) is 6.61 Å². The first kappa shape index (κ1) is 9.19. The SMILES string of the molecule is Nc1ccc(CO[PH](=O)O)cn1. The van der Waals surface area contributed by atoms with E-state index in [4.69, 9.17) is 10.6 Å². The number of aromatic nitrogens is 1. The molecule has 1 aromatic heterocycles. The van der Waals surface area contributed by atoms with Gasteiger partial charge in [0, 0.05) is 6.20 Å². The lowest BCUT2D eigenvalue weighted by Crippen LogP contribution is -1.91. The third-order valence-electron chi connectivity index (χ3n) is 1.21. The van der Waals surface area contributed by atoms with Gasteiger partial charge in [0.25, 0.3) is 0 Å². The fourth-order valence-electron chi connectivity index (χ4n) is 0.666. The number of rotatable bonds is 3. The van der Waals surface area contributed by atoms with Crippen molar-refractivity contribution in [3.8, 4) is 0 Å². The molecule has 12 heavy (non-hydrogen) atoms. The highest BCUT2D eigenvalue weighted by Gasteiger charge is 1.95. The van der Waals surface area contributed by atoms with Crippen LogP contribution in [0, 0.1) is 0 Å². The van der Waals surface area contributed by atoms with Crippen molar-refractivity contribution in [3.05, 3.63) is 23.9 Å². The predicted molar refractivity (Wildman–Crippen MR) is 44.7 cm³/mol. The fourth-order valence-corrected chi connectivity index (χ4v) is 0.957. The van der Waals surface area contributed by atoms with Crippen molar-refractivity contribution in [1.82, 2.24) is 4.98 Å². The lowest BCUT2D eigenvalue weighted by Gasteiger charge is -1.99. The summed E-state index contributed by atoms with van der Waals surface area (Å²) < 4.78 is 14.6. The molecule has 6 heteroatoms. The Morgan fingerprint density at radius 1 is 1.67 bits per heavy atom. The Morgan fingerprint density at radius 2 is 2.42 bits per heavy atom. The van der Waals surface area contributed by atoms with Gasteiger partial charge in [-0.2, -0.15) is 0 Å². The van der Waals surface area contributed by atoms with Crippen molar-refractivity contribution < 1.29 is 14.0 Å². The largest absolute Gasteiger partial charge is 0.384 e. The van der Waals surface area contributed by atoms with E-state index in [1.54, 1.807) is 12.1 Å². The molecule has 0 radical (unpaired) electrons. The average molecular weight is 188 g/mol. The zero-order valence-corrected chi connectivity index (χ0v) is 7.23. The molecule has 0 aliphatic rings. The quantitative estimate of drug-likeness (QED) is 0.677. The molecule has 0 bridgehead atoms. The van der Waals surface area contributed by atoms with Gasteiger partial charge in [0.05, 0.1) is 6.61 Å². The summed E-state index contributed by atoms with van der Waals surface area (Å²) in [6.45, 7) is 0.0849. The van der Waals surface area contributed by atoms with Gasteiger partial charge in [-0.15, -0.1) is 0 Å². The maximum absolute atomic E-state index is 10.2.